The normalized spacial score (nSPS) is 23.0. The second-order valence-electron chi connectivity index (χ2n) is 6.50. The molecular weight excluding hydrogens is 440 g/mol. The topological polar surface area (TPSA) is 15.7 Å². The lowest BCUT2D eigenvalue weighted by atomic mass is 10.1. The van der Waals surface area contributed by atoms with Crippen molar-refractivity contribution in [2.24, 2.45) is 0 Å². The molecule has 0 aromatic heterocycles. The number of ether oxygens (including phenoxy) is 1. The molecule has 0 N–H and O–H groups in total. The molecular formula is C14H18F12N2O. The van der Waals surface area contributed by atoms with E-state index in [4.69, 9.17) is 0 Å². The standard InChI is InChI=1S/C14H18F12N2O/c1-7(11(17,18)9(15)13(21,22)23)29-8(2)12(19,20)10(16)27-3-5-28(6-4-27)14(24,25)26/h7-10H,3-6H2,1-2H3. The molecule has 4 unspecified atom stereocenters. The van der Waals surface area contributed by atoms with Gasteiger partial charge in [-0.3, -0.25) is 4.90 Å². The fourth-order valence-corrected chi connectivity index (χ4v) is 2.55. The molecule has 174 valence electrons. The first-order valence-electron chi connectivity index (χ1n) is 8.14. The van der Waals surface area contributed by atoms with Gasteiger partial charge in [-0.2, -0.15) is 35.1 Å². The zero-order valence-corrected chi connectivity index (χ0v) is 15.0. The molecule has 29 heavy (non-hydrogen) atoms. The zero-order chi connectivity index (χ0) is 23.0. The third-order valence-corrected chi connectivity index (χ3v) is 4.43. The van der Waals surface area contributed by atoms with Crippen molar-refractivity contribution in [3.05, 3.63) is 0 Å². The van der Waals surface area contributed by atoms with Crippen LogP contribution < -0.4 is 0 Å². The highest BCUT2D eigenvalue weighted by molar-refractivity contribution is 4.91. The van der Waals surface area contributed by atoms with Crippen LogP contribution in [0.25, 0.3) is 0 Å². The monoisotopic (exact) mass is 458 g/mol. The lowest BCUT2D eigenvalue weighted by Crippen LogP contribution is -2.60. The lowest BCUT2D eigenvalue weighted by Gasteiger charge is -2.40. The molecule has 0 bridgehead atoms. The lowest BCUT2D eigenvalue weighted by molar-refractivity contribution is -0.292. The number of hydrogen-bond acceptors (Lipinski definition) is 3. The van der Waals surface area contributed by atoms with Crippen molar-refractivity contribution in [1.29, 1.82) is 0 Å². The summed E-state index contributed by atoms with van der Waals surface area (Å²) in [4.78, 5) is 0.272. The highest BCUT2D eigenvalue weighted by atomic mass is 19.4. The van der Waals surface area contributed by atoms with E-state index in [2.05, 4.69) is 4.74 Å². The number of rotatable bonds is 7. The first kappa shape index (κ1) is 26.1. The summed E-state index contributed by atoms with van der Waals surface area (Å²) in [7, 11) is 0. The minimum Gasteiger partial charge on any atom is -0.363 e. The van der Waals surface area contributed by atoms with Gasteiger partial charge in [0.05, 0.1) is 0 Å². The van der Waals surface area contributed by atoms with E-state index in [1.807, 2.05) is 0 Å². The van der Waals surface area contributed by atoms with Gasteiger partial charge in [-0.05, 0) is 13.8 Å². The summed E-state index contributed by atoms with van der Waals surface area (Å²) in [5, 5.41) is 0. The number of alkyl halides is 12. The molecule has 0 radical (unpaired) electrons. The molecule has 15 heteroatoms. The van der Waals surface area contributed by atoms with Gasteiger partial charge >= 0.3 is 24.3 Å². The minimum atomic E-state index is -5.99. The van der Waals surface area contributed by atoms with Crippen LogP contribution >= 0.6 is 0 Å². The van der Waals surface area contributed by atoms with Crippen LogP contribution in [0, 0.1) is 0 Å². The Morgan fingerprint density at radius 1 is 0.690 bits per heavy atom. The first-order chi connectivity index (χ1) is 12.8. The maximum Gasteiger partial charge on any atom is 0.460 e. The summed E-state index contributed by atoms with van der Waals surface area (Å²) in [6.07, 6.45) is -24.5. The molecule has 0 amide bonds. The summed E-state index contributed by atoms with van der Waals surface area (Å²) in [5.74, 6) is -9.83. The molecule has 1 aliphatic heterocycles. The molecule has 0 aromatic carbocycles. The van der Waals surface area contributed by atoms with Crippen LogP contribution in [0.4, 0.5) is 52.7 Å². The SMILES string of the molecule is CC(OC(C)C(F)(F)C(F)C(F)(F)F)C(F)(F)C(F)N1CCN(C(F)(F)F)CC1. The molecule has 0 aliphatic carbocycles. The van der Waals surface area contributed by atoms with Crippen LogP contribution in [0.2, 0.25) is 0 Å². The number of piperazine rings is 1. The summed E-state index contributed by atoms with van der Waals surface area (Å²) in [5.41, 5.74) is 0. The predicted octanol–water partition coefficient (Wildman–Crippen LogP) is 4.38. The highest BCUT2D eigenvalue weighted by Crippen LogP contribution is 2.40. The van der Waals surface area contributed by atoms with Gasteiger partial charge in [0.25, 0.3) is 6.17 Å². The molecule has 1 heterocycles. The largest absolute Gasteiger partial charge is 0.460 e. The van der Waals surface area contributed by atoms with Crippen molar-refractivity contribution in [3.8, 4) is 0 Å². The van der Waals surface area contributed by atoms with Crippen molar-refractivity contribution in [3.63, 3.8) is 0 Å². The Kier molecular flexibility index (Phi) is 7.78. The van der Waals surface area contributed by atoms with E-state index in [9.17, 15) is 52.7 Å². The van der Waals surface area contributed by atoms with E-state index < -0.39 is 75.2 Å². The fourth-order valence-electron chi connectivity index (χ4n) is 2.55. The molecule has 3 nitrogen and oxygen atoms in total. The third kappa shape index (κ3) is 6.03. The van der Waals surface area contributed by atoms with E-state index in [-0.39, 0.29) is 11.8 Å². The maximum atomic E-state index is 14.2. The second kappa shape index (κ2) is 8.65. The van der Waals surface area contributed by atoms with Crippen LogP contribution in [0.1, 0.15) is 13.8 Å². The van der Waals surface area contributed by atoms with Gasteiger partial charge in [0, 0.05) is 26.2 Å². The summed E-state index contributed by atoms with van der Waals surface area (Å²) in [6.45, 7) is -2.64. The van der Waals surface area contributed by atoms with Gasteiger partial charge < -0.3 is 4.74 Å². The van der Waals surface area contributed by atoms with Crippen LogP contribution in [-0.4, -0.2) is 85.0 Å². The highest BCUT2D eigenvalue weighted by Gasteiger charge is 2.61. The molecule has 1 saturated heterocycles. The van der Waals surface area contributed by atoms with Crippen molar-refractivity contribution < 1.29 is 57.4 Å². The van der Waals surface area contributed by atoms with Crippen molar-refractivity contribution >= 4 is 0 Å². The average molecular weight is 458 g/mol. The molecule has 1 rings (SSSR count). The Bertz CT molecular complexity index is 530. The van der Waals surface area contributed by atoms with Gasteiger partial charge in [-0.15, -0.1) is 0 Å². The Hall–Kier alpha value is -0.960. The molecule has 1 fully saturated rings. The average Bonchev–Trinajstić information content (AvgIpc) is 2.58. The number of halogens is 12. The second-order valence-corrected chi connectivity index (χ2v) is 6.50. The Labute approximate surface area is 157 Å². The van der Waals surface area contributed by atoms with Gasteiger partial charge in [-0.25, -0.2) is 22.5 Å². The van der Waals surface area contributed by atoms with E-state index >= 15 is 0 Å². The van der Waals surface area contributed by atoms with E-state index in [0.29, 0.717) is 11.8 Å². The Balaban J connectivity index is 2.78. The molecule has 0 saturated carbocycles. The molecule has 1 aliphatic rings. The van der Waals surface area contributed by atoms with E-state index in [1.54, 1.807) is 0 Å². The zero-order valence-electron chi connectivity index (χ0n) is 15.0. The van der Waals surface area contributed by atoms with Gasteiger partial charge in [0.1, 0.15) is 12.2 Å². The van der Waals surface area contributed by atoms with E-state index in [1.165, 1.54) is 0 Å². The van der Waals surface area contributed by atoms with Crippen LogP contribution in [0.15, 0.2) is 0 Å². The molecule has 0 spiro atoms. The summed E-state index contributed by atoms with van der Waals surface area (Å²) in [6, 6.07) is 0. The molecule has 0 aromatic rings. The van der Waals surface area contributed by atoms with Gasteiger partial charge in [-0.1, -0.05) is 0 Å². The number of hydrogen-bond donors (Lipinski definition) is 0. The molecule has 4 atom stereocenters. The number of nitrogens with zero attached hydrogens (tertiary/aromatic N) is 2. The van der Waals surface area contributed by atoms with Crippen LogP contribution in [-0.2, 0) is 4.74 Å². The fraction of sp³-hybridized carbons (Fsp3) is 1.00. The Morgan fingerprint density at radius 3 is 1.48 bits per heavy atom. The van der Waals surface area contributed by atoms with Crippen LogP contribution in [0.5, 0.6) is 0 Å². The smallest absolute Gasteiger partial charge is 0.363 e. The van der Waals surface area contributed by atoms with Crippen molar-refractivity contribution in [2.45, 2.75) is 62.8 Å². The quantitative estimate of drug-likeness (QED) is 0.416. The van der Waals surface area contributed by atoms with Crippen LogP contribution in [0.3, 0.4) is 0 Å². The van der Waals surface area contributed by atoms with Crippen molar-refractivity contribution in [1.82, 2.24) is 9.80 Å². The maximum absolute atomic E-state index is 14.2. The van der Waals surface area contributed by atoms with E-state index in [0.717, 1.165) is 0 Å². The summed E-state index contributed by atoms with van der Waals surface area (Å²) < 4.78 is 160. The predicted molar refractivity (Wildman–Crippen MR) is 75.0 cm³/mol. The summed E-state index contributed by atoms with van der Waals surface area (Å²) >= 11 is 0. The first-order valence-corrected chi connectivity index (χ1v) is 8.14. The van der Waals surface area contributed by atoms with Gasteiger partial charge in [0.2, 0.25) is 6.30 Å². The van der Waals surface area contributed by atoms with Gasteiger partial charge in [0.15, 0.2) is 0 Å². The minimum absolute atomic E-state index is 0.0462. The third-order valence-electron chi connectivity index (χ3n) is 4.43. The van der Waals surface area contributed by atoms with Crippen molar-refractivity contribution in [2.75, 3.05) is 26.2 Å². The Morgan fingerprint density at radius 2 is 1.10 bits per heavy atom.